The molecule has 0 bridgehead atoms. The van der Waals surface area contributed by atoms with Crippen LogP contribution in [0.3, 0.4) is 0 Å². The summed E-state index contributed by atoms with van der Waals surface area (Å²) in [5.41, 5.74) is 2.04. The van der Waals surface area contributed by atoms with Crippen LogP contribution in [0.2, 0.25) is 0 Å². The molecule has 0 spiro atoms. The van der Waals surface area contributed by atoms with Gasteiger partial charge in [0.2, 0.25) is 11.8 Å². The van der Waals surface area contributed by atoms with Crippen molar-refractivity contribution in [1.29, 1.82) is 0 Å². The molecule has 1 aromatic rings. The highest BCUT2D eigenvalue weighted by atomic mass is 16.6. The van der Waals surface area contributed by atoms with E-state index in [2.05, 4.69) is 17.6 Å². The van der Waals surface area contributed by atoms with Crippen LogP contribution in [0, 0.1) is 19.8 Å². The summed E-state index contributed by atoms with van der Waals surface area (Å²) in [5.74, 6) is -0.736. The summed E-state index contributed by atoms with van der Waals surface area (Å²) in [6.45, 7) is 19.4. The Hall–Kier alpha value is -2.57. The molecule has 2 unspecified atom stereocenters. The average Bonchev–Trinajstić information content (AvgIpc) is 2.70. The molecule has 0 heterocycles. The van der Waals surface area contributed by atoms with Gasteiger partial charge in [0.25, 0.3) is 0 Å². The van der Waals surface area contributed by atoms with Crippen molar-refractivity contribution >= 4 is 17.9 Å². The minimum absolute atomic E-state index is 0.205. The zero-order chi connectivity index (χ0) is 26.2. The Morgan fingerprint density at radius 3 is 2.18 bits per heavy atom. The van der Waals surface area contributed by atoms with Gasteiger partial charge < -0.3 is 20.3 Å². The number of aryl methyl sites for hydroxylation is 2. The molecule has 192 valence electrons. The number of rotatable bonds is 10. The Bertz CT molecular complexity index is 843. The number of carbonyl (C=O) groups is 3. The van der Waals surface area contributed by atoms with Gasteiger partial charge in [-0.3, -0.25) is 9.59 Å². The zero-order valence-electron chi connectivity index (χ0n) is 22.7. The number of nitrogens with one attached hydrogen (secondary N) is 2. The minimum Gasteiger partial charge on any atom is -0.444 e. The molecule has 0 fully saturated rings. The Labute approximate surface area is 206 Å². The van der Waals surface area contributed by atoms with Crippen LogP contribution in [0.15, 0.2) is 18.2 Å². The van der Waals surface area contributed by atoms with Crippen molar-refractivity contribution in [3.8, 4) is 0 Å². The highest BCUT2D eigenvalue weighted by molar-refractivity contribution is 5.92. The molecule has 0 aliphatic heterocycles. The number of nitrogens with zero attached hydrogens (tertiary/aromatic N) is 1. The van der Waals surface area contributed by atoms with Gasteiger partial charge in [0.15, 0.2) is 0 Å². The number of carbonyl (C=O) groups excluding carboxylic acids is 3. The lowest BCUT2D eigenvalue weighted by Gasteiger charge is -2.38. The van der Waals surface area contributed by atoms with Gasteiger partial charge in [-0.25, -0.2) is 4.79 Å². The summed E-state index contributed by atoms with van der Waals surface area (Å²) < 4.78 is 5.40. The first-order chi connectivity index (χ1) is 15.7. The van der Waals surface area contributed by atoms with E-state index in [-0.39, 0.29) is 23.8 Å². The standard InChI is InChI=1S/C27H45N3O4/c1-11-12-15-28-24(31)23(21-16-19(6)13-14-20(21)7)30(18(4)5)25(32)22(17(2)3)29-26(33)34-27(8,9)10/h13-14,16-18,22-23H,11-12,15H2,1-10H3,(H,28,31)(H,29,33). The first-order valence-electron chi connectivity index (χ1n) is 12.4. The first kappa shape index (κ1) is 29.5. The largest absolute Gasteiger partial charge is 0.444 e. The highest BCUT2D eigenvalue weighted by Gasteiger charge is 2.39. The Morgan fingerprint density at radius 2 is 1.68 bits per heavy atom. The van der Waals surface area contributed by atoms with Crippen molar-refractivity contribution in [3.63, 3.8) is 0 Å². The number of hydrogen-bond acceptors (Lipinski definition) is 4. The van der Waals surface area contributed by atoms with Crippen LogP contribution >= 0.6 is 0 Å². The third-order valence-electron chi connectivity index (χ3n) is 5.50. The number of unbranched alkanes of at least 4 members (excludes halogenated alkanes) is 1. The van der Waals surface area contributed by atoms with Crippen LogP contribution in [0.1, 0.15) is 91.0 Å². The smallest absolute Gasteiger partial charge is 0.408 e. The van der Waals surface area contributed by atoms with Crippen molar-refractivity contribution in [2.45, 2.75) is 106 Å². The van der Waals surface area contributed by atoms with Gasteiger partial charge in [0.05, 0.1) is 0 Å². The normalized spacial score (nSPS) is 13.4. The van der Waals surface area contributed by atoms with E-state index in [1.54, 1.807) is 25.7 Å². The predicted octanol–water partition coefficient (Wildman–Crippen LogP) is 5.05. The lowest BCUT2D eigenvalue weighted by atomic mass is 9.94. The Balaban J connectivity index is 3.47. The summed E-state index contributed by atoms with van der Waals surface area (Å²) in [4.78, 5) is 41.6. The van der Waals surface area contributed by atoms with Gasteiger partial charge >= 0.3 is 6.09 Å². The topological polar surface area (TPSA) is 87.7 Å². The fourth-order valence-corrected chi connectivity index (χ4v) is 3.75. The van der Waals surface area contributed by atoms with Crippen LogP contribution in [0.5, 0.6) is 0 Å². The van der Waals surface area contributed by atoms with Crippen molar-refractivity contribution in [2.75, 3.05) is 6.54 Å². The maximum Gasteiger partial charge on any atom is 0.408 e. The summed E-state index contributed by atoms with van der Waals surface area (Å²) >= 11 is 0. The highest BCUT2D eigenvalue weighted by Crippen LogP contribution is 2.29. The summed E-state index contributed by atoms with van der Waals surface area (Å²) in [7, 11) is 0. The average molecular weight is 476 g/mol. The molecule has 7 nitrogen and oxygen atoms in total. The van der Waals surface area contributed by atoms with Crippen molar-refractivity contribution < 1.29 is 19.1 Å². The van der Waals surface area contributed by atoms with E-state index in [1.807, 2.05) is 59.7 Å². The van der Waals surface area contributed by atoms with Crippen LogP contribution in [0.25, 0.3) is 0 Å². The van der Waals surface area contributed by atoms with Crippen molar-refractivity contribution in [1.82, 2.24) is 15.5 Å². The molecule has 0 saturated heterocycles. The molecule has 0 aromatic heterocycles. The van der Waals surface area contributed by atoms with E-state index >= 15 is 0 Å². The number of alkyl carbamates (subject to hydrolysis) is 1. The molecule has 2 atom stereocenters. The van der Waals surface area contributed by atoms with E-state index in [4.69, 9.17) is 4.74 Å². The third kappa shape index (κ3) is 8.65. The lowest BCUT2D eigenvalue weighted by Crippen LogP contribution is -2.56. The number of amides is 3. The molecule has 34 heavy (non-hydrogen) atoms. The van der Waals surface area contributed by atoms with Gasteiger partial charge in [-0.05, 0) is 71.9 Å². The molecule has 0 radical (unpaired) electrons. The summed E-state index contributed by atoms with van der Waals surface area (Å²) in [5, 5.41) is 5.76. The van der Waals surface area contributed by atoms with Gasteiger partial charge in [-0.1, -0.05) is 51.0 Å². The van der Waals surface area contributed by atoms with E-state index in [1.165, 1.54) is 0 Å². The maximum atomic E-state index is 13.9. The van der Waals surface area contributed by atoms with Crippen molar-refractivity contribution in [3.05, 3.63) is 34.9 Å². The molecular weight excluding hydrogens is 430 g/mol. The van der Waals surface area contributed by atoms with Gasteiger partial charge in [-0.15, -0.1) is 0 Å². The van der Waals surface area contributed by atoms with Crippen LogP contribution in [-0.2, 0) is 14.3 Å². The molecule has 1 rings (SSSR count). The van der Waals surface area contributed by atoms with E-state index in [9.17, 15) is 14.4 Å². The molecular formula is C27H45N3O4. The van der Waals surface area contributed by atoms with Crippen LogP contribution in [0.4, 0.5) is 4.79 Å². The zero-order valence-corrected chi connectivity index (χ0v) is 22.7. The predicted molar refractivity (Wildman–Crippen MR) is 137 cm³/mol. The van der Waals surface area contributed by atoms with Gasteiger partial charge in [0, 0.05) is 12.6 Å². The third-order valence-corrected chi connectivity index (χ3v) is 5.50. The number of ether oxygens (including phenoxy) is 1. The SMILES string of the molecule is CCCCNC(=O)C(c1cc(C)ccc1C)N(C(=O)C(NC(=O)OC(C)(C)C)C(C)C)C(C)C. The molecule has 0 saturated carbocycles. The van der Waals surface area contributed by atoms with E-state index < -0.39 is 23.8 Å². The van der Waals surface area contributed by atoms with Gasteiger partial charge in [0.1, 0.15) is 17.7 Å². The molecule has 1 aromatic carbocycles. The fourth-order valence-electron chi connectivity index (χ4n) is 3.75. The van der Waals surface area contributed by atoms with Crippen LogP contribution in [-0.4, -0.2) is 47.0 Å². The monoisotopic (exact) mass is 475 g/mol. The number of benzene rings is 1. The Kier molecular flexibility index (Phi) is 11.1. The quantitative estimate of drug-likeness (QED) is 0.464. The first-order valence-corrected chi connectivity index (χ1v) is 12.4. The molecule has 0 aliphatic rings. The second-order valence-corrected chi connectivity index (χ2v) is 10.6. The molecule has 2 N–H and O–H groups in total. The van der Waals surface area contributed by atoms with Crippen molar-refractivity contribution in [2.24, 2.45) is 5.92 Å². The molecule has 3 amide bonds. The van der Waals surface area contributed by atoms with E-state index in [0.717, 1.165) is 29.5 Å². The lowest BCUT2D eigenvalue weighted by molar-refractivity contribution is -0.145. The molecule has 0 aliphatic carbocycles. The second-order valence-electron chi connectivity index (χ2n) is 10.6. The maximum absolute atomic E-state index is 13.9. The van der Waals surface area contributed by atoms with Gasteiger partial charge in [-0.2, -0.15) is 0 Å². The number of hydrogen-bond donors (Lipinski definition) is 2. The van der Waals surface area contributed by atoms with E-state index in [0.29, 0.717) is 6.54 Å². The Morgan fingerprint density at radius 1 is 1.06 bits per heavy atom. The second kappa shape index (κ2) is 12.8. The fraction of sp³-hybridized carbons (Fsp3) is 0.667. The van der Waals surface area contributed by atoms with Crippen LogP contribution < -0.4 is 10.6 Å². The molecule has 7 heteroatoms. The minimum atomic E-state index is -0.840. The summed E-state index contributed by atoms with van der Waals surface area (Å²) in [6, 6.07) is 4.00. The summed E-state index contributed by atoms with van der Waals surface area (Å²) in [6.07, 6.45) is 1.16.